The quantitative estimate of drug-likeness (QED) is 0.736. The van der Waals surface area contributed by atoms with Crippen molar-refractivity contribution in [1.29, 1.82) is 0 Å². The molecule has 16 heavy (non-hydrogen) atoms. The summed E-state index contributed by atoms with van der Waals surface area (Å²) < 4.78 is 0. The Labute approximate surface area is 95.0 Å². The summed E-state index contributed by atoms with van der Waals surface area (Å²) in [4.78, 5) is 21.8. The van der Waals surface area contributed by atoms with Crippen molar-refractivity contribution in [2.24, 2.45) is 5.73 Å². The van der Waals surface area contributed by atoms with Crippen molar-refractivity contribution in [1.82, 2.24) is 0 Å². The van der Waals surface area contributed by atoms with E-state index in [2.05, 4.69) is 0 Å². The van der Waals surface area contributed by atoms with Crippen LogP contribution < -0.4 is 5.73 Å². The van der Waals surface area contributed by atoms with E-state index in [4.69, 9.17) is 5.73 Å². The van der Waals surface area contributed by atoms with Gasteiger partial charge in [0, 0.05) is 12.8 Å². The molecule has 1 aromatic rings. The Morgan fingerprint density at radius 2 is 1.88 bits per heavy atom. The second kappa shape index (κ2) is 6.56. The first kappa shape index (κ1) is 12.2. The summed E-state index contributed by atoms with van der Waals surface area (Å²) in [7, 11) is 0. The monoisotopic (exact) mass is 217 g/mol. The average Bonchev–Trinajstić information content (AvgIpc) is 2.27. The lowest BCUT2D eigenvalue weighted by Crippen LogP contribution is -2.08. The Hall–Kier alpha value is -1.90. The lowest BCUT2D eigenvalue weighted by molar-refractivity contribution is -0.117. The van der Waals surface area contributed by atoms with Gasteiger partial charge in [-0.2, -0.15) is 0 Å². The highest BCUT2D eigenvalue weighted by atomic mass is 16.1. The summed E-state index contributed by atoms with van der Waals surface area (Å²) in [5.41, 5.74) is 6.08. The van der Waals surface area contributed by atoms with Crippen molar-refractivity contribution in [3.63, 3.8) is 0 Å². The van der Waals surface area contributed by atoms with Gasteiger partial charge in [0.25, 0.3) is 0 Å². The summed E-state index contributed by atoms with van der Waals surface area (Å²) >= 11 is 0. The number of ketones is 1. The molecule has 0 aliphatic carbocycles. The van der Waals surface area contributed by atoms with E-state index in [-0.39, 0.29) is 12.2 Å². The molecule has 1 rings (SSSR count). The average molecular weight is 217 g/mol. The molecule has 84 valence electrons. The number of benzene rings is 1. The largest absolute Gasteiger partial charge is 0.369 e. The van der Waals surface area contributed by atoms with E-state index in [1.54, 1.807) is 0 Å². The van der Waals surface area contributed by atoms with E-state index in [0.29, 0.717) is 6.42 Å². The van der Waals surface area contributed by atoms with Gasteiger partial charge in [-0.3, -0.25) is 9.59 Å². The smallest absolute Gasteiger partial charge is 0.221 e. The predicted molar refractivity (Wildman–Crippen MR) is 62.7 cm³/mol. The molecule has 0 bridgehead atoms. The highest BCUT2D eigenvalue weighted by Gasteiger charge is 1.98. The van der Waals surface area contributed by atoms with Gasteiger partial charge in [0.1, 0.15) is 0 Å². The second-order valence-corrected chi connectivity index (χ2v) is 3.52. The fraction of sp³-hybridized carbons (Fsp3) is 0.231. The molecule has 0 saturated heterocycles. The second-order valence-electron chi connectivity index (χ2n) is 3.52. The molecule has 3 nitrogen and oxygen atoms in total. The standard InChI is InChI=1S/C13H15NO2/c14-13(16)8-4-7-12(15)10-9-11-5-2-1-3-6-11/h1-7H,8-10H2,(H2,14,16)/b7-4+. The minimum absolute atomic E-state index is 0.0186. The minimum atomic E-state index is -0.424. The Morgan fingerprint density at radius 3 is 2.50 bits per heavy atom. The maximum atomic E-state index is 11.4. The first-order chi connectivity index (χ1) is 7.68. The van der Waals surface area contributed by atoms with Gasteiger partial charge in [-0.25, -0.2) is 0 Å². The minimum Gasteiger partial charge on any atom is -0.369 e. The molecule has 0 spiro atoms. The molecule has 0 atom stereocenters. The molecule has 0 aromatic heterocycles. The van der Waals surface area contributed by atoms with Crippen molar-refractivity contribution in [3.8, 4) is 0 Å². The van der Waals surface area contributed by atoms with Crippen LogP contribution in [0.3, 0.4) is 0 Å². The van der Waals surface area contributed by atoms with Crippen molar-refractivity contribution in [2.75, 3.05) is 0 Å². The molecule has 3 heteroatoms. The topological polar surface area (TPSA) is 60.2 Å². The van der Waals surface area contributed by atoms with Crippen LogP contribution in [0.15, 0.2) is 42.5 Å². The van der Waals surface area contributed by atoms with Crippen molar-refractivity contribution < 1.29 is 9.59 Å². The van der Waals surface area contributed by atoms with Crippen LogP contribution >= 0.6 is 0 Å². The van der Waals surface area contributed by atoms with Crippen LogP contribution in [0.1, 0.15) is 18.4 Å². The number of hydrogen-bond acceptors (Lipinski definition) is 2. The molecule has 0 radical (unpaired) electrons. The summed E-state index contributed by atoms with van der Waals surface area (Å²) in [6.45, 7) is 0. The molecular formula is C13H15NO2. The van der Waals surface area contributed by atoms with E-state index in [9.17, 15) is 9.59 Å². The molecule has 0 aliphatic heterocycles. The van der Waals surface area contributed by atoms with Crippen LogP contribution in [-0.2, 0) is 16.0 Å². The Bertz CT molecular complexity index is 382. The van der Waals surface area contributed by atoms with Gasteiger partial charge < -0.3 is 5.73 Å². The molecule has 0 aliphatic rings. The molecule has 2 N–H and O–H groups in total. The molecule has 0 heterocycles. The summed E-state index contributed by atoms with van der Waals surface area (Å²) in [6, 6.07) is 9.81. The number of carbonyl (C=O) groups is 2. The summed E-state index contributed by atoms with van der Waals surface area (Å²) in [5.74, 6) is -0.405. The number of rotatable bonds is 6. The number of allylic oxidation sites excluding steroid dienone is 1. The van der Waals surface area contributed by atoms with Crippen LogP contribution in [0.2, 0.25) is 0 Å². The van der Waals surface area contributed by atoms with Gasteiger partial charge in [0.2, 0.25) is 5.91 Å². The normalized spacial score (nSPS) is 10.5. The molecular weight excluding hydrogens is 202 g/mol. The van der Waals surface area contributed by atoms with Crippen LogP contribution in [0.4, 0.5) is 0 Å². The summed E-state index contributed by atoms with van der Waals surface area (Å²) in [6.07, 6.45) is 4.24. The maximum Gasteiger partial charge on any atom is 0.221 e. The number of nitrogens with two attached hydrogens (primary N) is 1. The van der Waals surface area contributed by atoms with Gasteiger partial charge in [-0.1, -0.05) is 36.4 Å². The fourth-order valence-corrected chi connectivity index (χ4v) is 1.30. The molecule has 1 aromatic carbocycles. The van der Waals surface area contributed by atoms with Crippen LogP contribution in [0.5, 0.6) is 0 Å². The summed E-state index contributed by atoms with van der Waals surface area (Å²) in [5, 5.41) is 0. The van der Waals surface area contributed by atoms with Crippen molar-refractivity contribution in [2.45, 2.75) is 19.3 Å². The van der Waals surface area contributed by atoms with E-state index in [1.807, 2.05) is 30.3 Å². The number of aryl methyl sites for hydroxylation is 1. The lowest BCUT2D eigenvalue weighted by Gasteiger charge is -1.97. The Balaban J connectivity index is 2.30. The third-order valence-corrected chi connectivity index (χ3v) is 2.13. The van der Waals surface area contributed by atoms with Crippen molar-refractivity contribution in [3.05, 3.63) is 48.0 Å². The molecule has 1 amide bonds. The first-order valence-electron chi connectivity index (χ1n) is 5.20. The first-order valence-corrected chi connectivity index (χ1v) is 5.20. The lowest BCUT2D eigenvalue weighted by atomic mass is 10.1. The molecule has 0 fully saturated rings. The highest BCUT2D eigenvalue weighted by molar-refractivity contribution is 5.90. The van der Waals surface area contributed by atoms with Gasteiger partial charge in [0.05, 0.1) is 0 Å². The zero-order valence-electron chi connectivity index (χ0n) is 9.06. The van der Waals surface area contributed by atoms with Crippen LogP contribution in [0.25, 0.3) is 0 Å². The number of amides is 1. The van der Waals surface area contributed by atoms with Gasteiger partial charge >= 0.3 is 0 Å². The van der Waals surface area contributed by atoms with E-state index in [0.717, 1.165) is 12.0 Å². The third kappa shape index (κ3) is 5.10. The number of primary amides is 1. The number of hydrogen-bond donors (Lipinski definition) is 1. The Morgan fingerprint density at radius 1 is 1.19 bits per heavy atom. The molecule has 0 saturated carbocycles. The van der Waals surface area contributed by atoms with Crippen LogP contribution in [0, 0.1) is 0 Å². The van der Waals surface area contributed by atoms with Gasteiger partial charge in [0.15, 0.2) is 5.78 Å². The van der Waals surface area contributed by atoms with E-state index >= 15 is 0 Å². The van der Waals surface area contributed by atoms with Crippen molar-refractivity contribution >= 4 is 11.7 Å². The zero-order valence-corrected chi connectivity index (χ0v) is 9.06. The van der Waals surface area contributed by atoms with Gasteiger partial charge in [-0.05, 0) is 18.1 Å². The predicted octanol–water partition coefficient (Wildman–Crippen LogP) is 1.62. The van der Waals surface area contributed by atoms with Crippen LogP contribution in [-0.4, -0.2) is 11.7 Å². The molecule has 0 unspecified atom stereocenters. The highest BCUT2D eigenvalue weighted by Crippen LogP contribution is 2.03. The van der Waals surface area contributed by atoms with E-state index in [1.165, 1.54) is 12.2 Å². The SMILES string of the molecule is NC(=O)C/C=C/C(=O)CCc1ccccc1. The fourth-order valence-electron chi connectivity index (χ4n) is 1.30. The third-order valence-electron chi connectivity index (χ3n) is 2.13. The maximum absolute atomic E-state index is 11.4. The van der Waals surface area contributed by atoms with E-state index < -0.39 is 5.91 Å². The number of carbonyl (C=O) groups excluding carboxylic acids is 2. The Kier molecular flexibility index (Phi) is 4.99. The van der Waals surface area contributed by atoms with Gasteiger partial charge in [-0.15, -0.1) is 0 Å². The zero-order chi connectivity index (χ0) is 11.8.